The number of nitrogens with two attached hydrogens (primary N) is 1. The molecule has 0 radical (unpaired) electrons. The van der Waals surface area contributed by atoms with Crippen molar-refractivity contribution in [1.82, 2.24) is 4.98 Å². The minimum absolute atomic E-state index is 0.133. The number of aryl methyl sites for hydroxylation is 1. The van der Waals surface area contributed by atoms with Gasteiger partial charge in [-0.1, -0.05) is 0 Å². The van der Waals surface area contributed by atoms with Crippen LogP contribution in [-0.2, 0) is 0 Å². The number of furan rings is 1. The zero-order valence-corrected chi connectivity index (χ0v) is 14.2. The zero-order valence-electron chi connectivity index (χ0n) is 14.2. The minimum atomic E-state index is 0.133. The average Bonchev–Trinajstić information content (AvgIpc) is 3.06. The number of benzene rings is 1. The molecule has 2 N–H and O–H groups in total. The molecule has 3 rings (SSSR count). The van der Waals surface area contributed by atoms with Crippen molar-refractivity contribution in [3.8, 4) is 40.1 Å². The van der Waals surface area contributed by atoms with E-state index < -0.39 is 0 Å². The van der Waals surface area contributed by atoms with Crippen LogP contribution in [0.5, 0.6) is 11.5 Å². The molecular weight excluding hydrogens is 318 g/mol. The van der Waals surface area contributed by atoms with Crippen molar-refractivity contribution in [2.75, 3.05) is 20.0 Å². The Morgan fingerprint density at radius 2 is 1.88 bits per heavy atom. The summed E-state index contributed by atoms with van der Waals surface area (Å²) in [7, 11) is 3.17. The molecule has 0 aliphatic rings. The van der Waals surface area contributed by atoms with Crippen LogP contribution in [0.25, 0.3) is 22.6 Å². The van der Waals surface area contributed by atoms with E-state index in [1.54, 1.807) is 38.5 Å². The van der Waals surface area contributed by atoms with Gasteiger partial charge in [-0.05, 0) is 43.3 Å². The molecule has 3 aromatic rings. The molecule has 2 aromatic heterocycles. The lowest BCUT2D eigenvalue weighted by molar-refractivity contribution is 0.404. The first-order valence-corrected chi connectivity index (χ1v) is 7.57. The summed E-state index contributed by atoms with van der Waals surface area (Å²) >= 11 is 0. The number of methoxy groups -OCH3 is 2. The molecule has 2 heterocycles. The molecule has 6 heteroatoms. The lowest BCUT2D eigenvalue weighted by Gasteiger charge is -2.12. The van der Waals surface area contributed by atoms with Gasteiger partial charge in [0, 0.05) is 11.1 Å². The molecule has 0 unspecified atom stereocenters. The van der Waals surface area contributed by atoms with Crippen LogP contribution in [0.2, 0.25) is 0 Å². The van der Waals surface area contributed by atoms with Crippen molar-refractivity contribution in [3.05, 3.63) is 47.7 Å². The molecule has 0 aliphatic carbocycles. The number of ether oxygens (including phenoxy) is 2. The van der Waals surface area contributed by atoms with Gasteiger partial charge in [0.25, 0.3) is 0 Å². The Kier molecular flexibility index (Phi) is 4.31. The van der Waals surface area contributed by atoms with Crippen molar-refractivity contribution in [2.45, 2.75) is 6.92 Å². The number of hydrogen-bond acceptors (Lipinski definition) is 6. The van der Waals surface area contributed by atoms with E-state index in [4.69, 9.17) is 19.6 Å². The normalized spacial score (nSPS) is 10.3. The topological polar surface area (TPSA) is 94.3 Å². The second-order valence-corrected chi connectivity index (χ2v) is 5.40. The SMILES string of the molecule is COc1ccc(OC)c(-c2cc(-c3ccc(C)o3)c(C#N)c(N)n2)c1. The van der Waals surface area contributed by atoms with Gasteiger partial charge < -0.3 is 19.6 Å². The predicted molar refractivity (Wildman–Crippen MR) is 94.3 cm³/mol. The van der Waals surface area contributed by atoms with Crippen LogP contribution in [0.3, 0.4) is 0 Å². The van der Waals surface area contributed by atoms with Crippen molar-refractivity contribution in [2.24, 2.45) is 0 Å². The van der Waals surface area contributed by atoms with Gasteiger partial charge in [0.05, 0.1) is 19.9 Å². The standard InChI is InChI=1S/C19H17N3O3/c1-11-4-6-18(25-11)13-9-16(22-19(21)15(13)10-20)14-8-12(23-2)5-7-17(14)24-3/h4-9H,1-3H3,(H2,21,22). The quantitative estimate of drug-likeness (QED) is 0.779. The number of rotatable bonds is 4. The second kappa shape index (κ2) is 6.57. The molecule has 0 amide bonds. The van der Waals surface area contributed by atoms with Gasteiger partial charge in [-0.25, -0.2) is 4.98 Å². The maximum absolute atomic E-state index is 9.46. The van der Waals surface area contributed by atoms with Crippen LogP contribution in [0.1, 0.15) is 11.3 Å². The van der Waals surface area contributed by atoms with Crippen molar-refractivity contribution >= 4 is 5.82 Å². The number of nitriles is 1. The fraction of sp³-hybridized carbons (Fsp3) is 0.158. The highest BCUT2D eigenvalue weighted by molar-refractivity contribution is 5.80. The Hall–Kier alpha value is -3.46. The third kappa shape index (κ3) is 3.00. The van der Waals surface area contributed by atoms with E-state index in [2.05, 4.69) is 11.1 Å². The molecule has 1 aromatic carbocycles. The minimum Gasteiger partial charge on any atom is -0.497 e. The summed E-state index contributed by atoms with van der Waals surface area (Å²) in [6.07, 6.45) is 0. The van der Waals surface area contributed by atoms with E-state index in [1.807, 2.05) is 19.1 Å². The third-order valence-corrected chi connectivity index (χ3v) is 3.85. The summed E-state index contributed by atoms with van der Waals surface area (Å²) in [6.45, 7) is 1.84. The van der Waals surface area contributed by atoms with Crippen LogP contribution in [-0.4, -0.2) is 19.2 Å². The van der Waals surface area contributed by atoms with Gasteiger partial charge in [-0.2, -0.15) is 5.26 Å². The first kappa shape index (κ1) is 16.4. The summed E-state index contributed by atoms with van der Waals surface area (Å²) in [5.41, 5.74) is 8.17. The molecule has 0 bridgehead atoms. The summed E-state index contributed by atoms with van der Waals surface area (Å²) in [4.78, 5) is 4.37. The summed E-state index contributed by atoms with van der Waals surface area (Å²) in [5, 5.41) is 9.46. The molecule has 0 fully saturated rings. The molecule has 0 saturated heterocycles. The van der Waals surface area contributed by atoms with Gasteiger partial charge in [-0.3, -0.25) is 0 Å². The molecule has 25 heavy (non-hydrogen) atoms. The highest BCUT2D eigenvalue weighted by atomic mass is 16.5. The number of aromatic nitrogens is 1. The fourth-order valence-corrected chi connectivity index (χ4v) is 2.61. The Balaban J connectivity index is 2.26. The lowest BCUT2D eigenvalue weighted by atomic mass is 10.0. The van der Waals surface area contributed by atoms with E-state index in [9.17, 15) is 5.26 Å². The largest absolute Gasteiger partial charge is 0.497 e. The average molecular weight is 335 g/mol. The number of pyridine rings is 1. The predicted octanol–water partition coefficient (Wildman–Crippen LogP) is 3.79. The molecular formula is C19H17N3O3. The number of hydrogen-bond donors (Lipinski definition) is 1. The van der Waals surface area contributed by atoms with E-state index in [1.165, 1.54) is 0 Å². The zero-order chi connectivity index (χ0) is 18.0. The highest BCUT2D eigenvalue weighted by Crippen LogP contribution is 2.37. The van der Waals surface area contributed by atoms with E-state index in [-0.39, 0.29) is 11.4 Å². The molecule has 0 atom stereocenters. The third-order valence-electron chi connectivity index (χ3n) is 3.85. The first-order chi connectivity index (χ1) is 12.1. The Morgan fingerprint density at radius 3 is 2.48 bits per heavy atom. The van der Waals surface area contributed by atoms with Crippen LogP contribution < -0.4 is 15.2 Å². The van der Waals surface area contributed by atoms with Gasteiger partial charge in [0.2, 0.25) is 0 Å². The number of anilines is 1. The lowest BCUT2D eigenvalue weighted by Crippen LogP contribution is -2.00. The fourth-order valence-electron chi connectivity index (χ4n) is 2.61. The maximum Gasteiger partial charge on any atom is 0.142 e. The van der Waals surface area contributed by atoms with Crippen molar-refractivity contribution in [1.29, 1.82) is 5.26 Å². The molecule has 6 nitrogen and oxygen atoms in total. The Labute approximate surface area is 145 Å². The smallest absolute Gasteiger partial charge is 0.142 e. The maximum atomic E-state index is 9.46. The van der Waals surface area contributed by atoms with Gasteiger partial charge >= 0.3 is 0 Å². The summed E-state index contributed by atoms with van der Waals surface area (Å²) in [5.74, 6) is 2.73. The van der Waals surface area contributed by atoms with Gasteiger partial charge in [-0.15, -0.1) is 0 Å². The molecule has 0 aliphatic heterocycles. The van der Waals surface area contributed by atoms with E-state index >= 15 is 0 Å². The summed E-state index contributed by atoms with van der Waals surface area (Å²) < 4.78 is 16.4. The Morgan fingerprint density at radius 1 is 1.08 bits per heavy atom. The Bertz CT molecular complexity index is 971. The second-order valence-electron chi connectivity index (χ2n) is 5.40. The number of nitrogen functional groups attached to an aromatic ring is 1. The number of nitrogens with zero attached hydrogens (tertiary/aromatic N) is 2. The van der Waals surface area contributed by atoms with Crippen LogP contribution in [0.4, 0.5) is 5.82 Å². The summed E-state index contributed by atoms with van der Waals surface area (Å²) in [6, 6.07) is 12.9. The van der Waals surface area contributed by atoms with E-state index in [0.29, 0.717) is 34.1 Å². The first-order valence-electron chi connectivity index (χ1n) is 7.57. The molecule has 0 spiro atoms. The van der Waals surface area contributed by atoms with Gasteiger partial charge in [0.1, 0.15) is 40.5 Å². The van der Waals surface area contributed by atoms with Crippen LogP contribution >= 0.6 is 0 Å². The highest BCUT2D eigenvalue weighted by Gasteiger charge is 2.18. The molecule has 126 valence electrons. The van der Waals surface area contributed by atoms with Crippen LogP contribution in [0, 0.1) is 18.3 Å². The van der Waals surface area contributed by atoms with Crippen molar-refractivity contribution in [3.63, 3.8) is 0 Å². The van der Waals surface area contributed by atoms with Crippen molar-refractivity contribution < 1.29 is 13.9 Å². The van der Waals surface area contributed by atoms with E-state index in [0.717, 1.165) is 5.76 Å². The van der Waals surface area contributed by atoms with Gasteiger partial charge in [0.15, 0.2) is 0 Å². The molecule has 0 saturated carbocycles. The van der Waals surface area contributed by atoms with Crippen LogP contribution in [0.15, 0.2) is 40.8 Å². The monoisotopic (exact) mass is 335 g/mol.